The molecule has 1 amide bonds. The lowest BCUT2D eigenvalue weighted by Gasteiger charge is -2.12. The summed E-state index contributed by atoms with van der Waals surface area (Å²) in [5.74, 6) is 0.504. The molecule has 0 saturated heterocycles. The van der Waals surface area contributed by atoms with Crippen LogP contribution in [0.4, 0.5) is 5.69 Å². The van der Waals surface area contributed by atoms with Gasteiger partial charge >= 0.3 is 0 Å². The molecule has 2 heterocycles. The number of pyridine rings is 1. The Bertz CT molecular complexity index is 870. The fourth-order valence-corrected chi connectivity index (χ4v) is 3.12. The van der Waals surface area contributed by atoms with E-state index in [1.54, 1.807) is 24.5 Å². The Morgan fingerprint density at radius 2 is 1.80 bits per heavy atom. The molecule has 0 bridgehead atoms. The molecule has 6 nitrogen and oxygen atoms in total. The van der Waals surface area contributed by atoms with Crippen molar-refractivity contribution >= 4 is 23.4 Å². The van der Waals surface area contributed by atoms with Gasteiger partial charge in [-0.25, -0.2) is 0 Å². The van der Waals surface area contributed by atoms with Crippen LogP contribution in [0.1, 0.15) is 16.7 Å². The van der Waals surface area contributed by atoms with Crippen LogP contribution in [-0.4, -0.2) is 26.8 Å². The van der Waals surface area contributed by atoms with Gasteiger partial charge in [0.05, 0.1) is 5.75 Å². The van der Waals surface area contributed by atoms with Gasteiger partial charge in [-0.3, -0.25) is 9.78 Å². The second-order valence-corrected chi connectivity index (χ2v) is 6.65. The van der Waals surface area contributed by atoms with E-state index in [1.807, 2.05) is 20.8 Å². The topological polar surface area (TPSA) is 80.9 Å². The zero-order valence-corrected chi connectivity index (χ0v) is 15.1. The Balaban J connectivity index is 1.61. The van der Waals surface area contributed by atoms with Gasteiger partial charge < -0.3 is 9.73 Å². The van der Waals surface area contributed by atoms with Gasteiger partial charge in [0, 0.05) is 23.6 Å². The van der Waals surface area contributed by atoms with E-state index >= 15 is 0 Å². The highest BCUT2D eigenvalue weighted by Crippen LogP contribution is 2.24. The van der Waals surface area contributed by atoms with Crippen molar-refractivity contribution in [3.63, 3.8) is 0 Å². The first-order valence-corrected chi connectivity index (χ1v) is 8.76. The number of nitrogens with zero attached hydrogens (tertiary/aromatic N) is 3. The second kappa shape index (κ2) is 7.48. The van der Waals surface area contributed by atoms with Crippen molar-refractivity contribution in [2.45, 2.75) is 26.0 Å². The molecule has 0 spiro atoms. The van der Waals surface area contributed by atoms with Gasteiger partial charge in [0.15, 0.2) is 0 Å². The maximum absolute atomic E-state index is 12.2. The summed E-state index contributed by atoms with van der Waals surface area (Å²) in [6, 6.07) is 7.68. The van der Waals surface area contributed by atoms with Crippen molar-refractivity contribution in [1.82, 2.24) is 15.2 Å². The number of carbonyl (C=O) groups is 1. The van der Waals surface area contributed by atoms with Gasteiger partial charge in [-0.2, -0.15) is 0 Å². The van der Waals surface area contributed by atoms with Crippen LogP contribution >= 0.6 is 11.8 Å². The minimum Gasteiger partial charge on any atom is -0.411 e. The van der Waals surface area contributed by atoms with E-state index in [1.165, 1.54) is 17.3 Å². The van der Waals surface area contributed by atoms with Crippen LogP contribution in [0.25, 0.3) is 11.5 Å². The average Bonchev–Trinajstić information content (AvgIpc) is 3.06. The van der Waals surface area contributed by atoms with Crippen molar-refractivity contribution in [3.05, 3.63) is 53.3 Å². The summed E-state index contributed by atoms with van der Waals surface area (Å²) in [4.78, 5) is 16.2. The second-order valence-electron chi connectivity index (χ2n) is 5.72. The Labute approximate surface area is 150 Å². The lowest BCUT2D eigenvalue weighted by Crippen LogP contribution is -2.15. The predicted molar refractivity (Wildman–Crippen MR) is 97.5 cm³/mol. The number of benzene rings is 1. The number of anilines is 1. The van der Waals surface area contributed by atoms with Gasteiger partial charge in [-0.1, -0.05) is 29.5 Å². The van der Waals surface area contributed by atoms with Crippen LogP contribution in [0.2, 0.25) is 0 Å². The summed E-state index contributed by atoms with van der Waals surface area (Å²) >= 11 is 1.21. The highest BCUT2D eigenvalue weighted by atomic mass is 32.2. The largest absolute Gasteiger partial charge is 0.411 e. The van der Waals surface area contributed by atoms with Gasteiger partial charge in [-0.05, 0) is 44.0 Å². The number of aromatic nitrogens is 3. The maximum atomic E-state index is 12.2. The van der Waals surface area contributed by atoms with Crippen LogP contribution in [0.3, 0.4) is 0 Å². The summed E-state index contributed by atoms with van der Waals surface area (Å²) in [6.07, 6.45) is 3.32. The summed E-state index contributed by atoms with van der Waals surface area (Å²) in [5, 5.41) is 11.3. The standard InChI is InChI=1S/C18H18N4O2S/c1-11-8-12(2)16(13(3)9-11)20-15(23)10-25-18-22-21-17(24-18)14-4-6-19-7-5-14/h4-9H,10H2,1-3H3,(H,20,23). The molecular formula is C18H18N4O2S. The van der Waals surface area contributed by atoms with Crippen LogP contribution < -0.4 is 5.32 Å². The van der Waals surface area contributed by atoms with E-state index in [4.69, 9.17) is 4.42 Å². The monoisotopic (exact) mass is 354 g/mol. The van der Waals surface area contributed by atoms with Crippen LogP contribution in [-0.2, 0) is 4.79 Å². The Hall–Kier alpha value is -2.67. The summed E-state index contributed by atoms with van der Waals surface area (Å²) in [5.41, 5.74) is 4.93. The Morgan fingerprint density at radius 1 is 1.12 bits per heavy atom. The van der Waals surface area contributed by atoms with Crippen LogP contribution in [0.5, 0.6) is 0 Å². The lowest BCUT2D eigenvalue weighted by molar-refractivity contribution is -0.113. The Morgan fingerprint density at radius 3 is 2.48 bits per heavy atom. The SMILES string of the molecule is Cc1cc(C)c(NC(=O)CSc2nnc(-c3ccncc3)o2)c(C)c1. The van der Waals surface area contributed by atoms with Crippen LogP contribution in [0, 0.1) is 20.8 Å². The van der Waals surface area contributed by atoms with Gasteiger partial charge in [0.25, 0.3) is 5.22 Å². The van der Waals surface area contributed by atoms with Crippen molar-refractivity contribution < 1.29 is 9.21 Å². The molecular weight excluding hydrogens is 336 g/mol. The van der Waals surface area contributed by atoms with Gasteiger partial charge in [0.2, 0.25) is 11.8 Å². The third-order valence-corrected chi connectivity index (χ3v) is 4.42. The van der Waals surface area contributed by atoms with Crippen LogP contribution in [0.15, 0.2) is 46.3 Å². The molecule has 128 valence electrons. The summed E-state index contributed by atoms with van der Waals surface area (Å²) in [6.45, 7) is 6.01. The molecule has 0 aliphatic rings. The van der Waals surface area contributed by atoms with E-state index in [9.17, 15) is 4.79 Å². The number of rotatable bonds is 5. The minimum absolute atomic E-state index is 0.108. The first kappa shape index (κ1) is 17.2. The number of nitrogens with one attached hydrogen (secondary N) is 1. The van der Waals surface area contributed by atoms with E-state index in [-0.39, 0.29) is 11.7 Å². The molecule has 1 aromatic carbocycles. The number of carbonyl (C=O) groups excluding carboxylic acids is 1. The lowest BCUT2D eigenvalue weighted by atomic mass is 10.1. The third kappa shape index (κ3) is 4.24. The molecule has 0 aliphatic carbocycles. The Kier molecular flexibility index (Phi) is 5.14. The minimum atomic E-state index is -0.108. The molecule has 7 heteroatoms. The quantitative estimate of drug-likeness (QED) is 0.702. The predicted octanol–water partition coefficient (Wildman–Crippen LogP) is 3.79. The van der Waals surface area contributed by atoms with Gasteiger partial charge in [-0.15, -0.1) is 10.2 Å². The molecule has 0 unspecified atom stereocenters. The molecule has 0 atom stereocenters. The summed E-state index contributed by atoms with van der Waals surface area (Å²) in [7, 11) is 0. The van der Waals surface area contributed by atoms with E-state index in [0.717, 1.165) is 22.4 Å². The highest BCUT2D eigenvalue weighted by molar-refractivity contribution is 7.99. The molecule has 0 radical (unpaired) electrons. The number of hydrogen-bond donors (Lipinski definition) is 1. The molecule has 0 saturated carbocycles. The molecule has 2 aromatic heterocycles. The van der Waals surface area contributed by atoms with Crippen molar-refractivity contribution in [1.29, 1.82) is 0 Å². The number of amides is 1. The molecule has 25 heavy (non-hydrogen) atoms. The fourth-order valence-electron chi connectivity index (χ4n) is 2.56. The first-order valence-electron chi connectivity index (χ1n) is 7.77. The third-order valence-electron chi connectivity index (χ3n) is 3.60. The van der Waals surface area contributed by atoms with E-state index in [0.29, 0.717) is 11.1 Å². The van der Waals surface area contributed by atoms with E-state index < -0.39 is 0 Å². The van der Waals surface area contributed by atoms with Crippen molar-refractivity contribution in [2.75, 3.05) is 11.1 Å². The number of aryl methyl sites for hydroxylation is 3. The normalized spacial score (nSPS) is 10.7. The molecule has 1 N–H and O–H groups in total. The fraction of sp³-hybridized carbons (Fsp3) is 0.222. The zero-order valence-electron chi connectivity index (χ0n) is 14.2. The smallest absolute Gasteiger partial charge is 0.277 e. The van der Waals surface area contributed by atoms with Crippen molar-refractivity contribution in [3.8, 4) is 11.5 Å². The molecule has 3 aromatic rings. The molecule has 0 aliphatic heterocycles. The highest BCUT2D eigenvalue weighted by Gasteiger charge is 2.13. The van der Waals surface area contributed by atoms with E-state index in [2.05, 4.69) is 32.6 Å². The molecule has 3 rings (SSSR count). The number of hydrogen-bond acceptors (Lipinski definition) is 6. The zero-order chi connectivity index (χ0) is 17.8. The van der Waals surface area contributed by atoms with Gasteiger partial charge in [0.1, 0.15) is 0 Å². The molecule has 0 fully saturated rings. The summed E-state index contributed by atoms with van der Waals surface area (Å²) < 4.78 is 5.57. The first-order chi connectivity index (χ1) is 12.0. The maximum Gasteiger partial charge on any atom is 0.277 e. The van der Waals surface area contributed by atoms with Crippen molar-refractivity contribution in [2.24, 2.45) is 0 Å². The number of thioether (sulfide) groups is 1. The average molecular weight is 354 g/mol.